The van der Waals surface area contributed by atoms with Crippen LogP contribution in [-0.2, 0) is 11.3 Å². The number of nitrogens with one attached hydrogen (secondary N) is 1. The lowest BCUT2D eigenvalue weighted by Crippen LogP contribution is -2.36. The van der Waals surface area contributed by atoms with E-state index in [4.69, 9.17) is 9.47 Å². The van der Waals surface area contributed by atoms with Gasteiger partial charge in [0, 0.05) is 25.2 Å². The van der Waals surface area contributed by atoms with E-state index in [1.165, 1.54) is 16.9 Å². The molecule has 32 heavy (non-hydrogen) atoms. The first-order chi connectivity index (χ1) is 15.4. The third-order valence-electron chi connectivity index (χ3n) is 5.70. The molecule has 0 radical (unpaired) electrons. The number of carbonyl (C=O) groups is 2. The van der Waals surface area contributed by atoms with Gasteiger partial charge in [-0.2, -0.15) is 0 Å². The Balaban J connectivity index is 1.31. The van der Waals surface area contributed by atoms with Crippen molar-refractivity contribution in [2.45, 2.75) is 32.4 Å². The molecule has 2 aliphatic heterocycles. The van der Waals surface area contributed by atoms with Crippen LogP contribution in [0.25, 0.3) is 10.2 Å². The zero-order valence-electron chi connectivity index (χ0n) is 18.1. The van der Waals surface area contributed by atoms with Crippen LogP contribution >= 0.6 is 11.3 Å². The van der Waals surface area contributed by atoms with Crippen molar-refractivity contribution in [3.63, 3.8) is 0 Å². The molecule has 0 unspecified atom stereocenters. The molecule has 0 bridgehead atoms. The van der Waals surface area contributed by atoms with Gasteiger partial charge in [-0.05, 0) is 49.7 Å². The highest BCUT2D eigenvalue weighted by Crippen LogP contribution is 2.34. The van der Waals surface area contributed by atoms with Crippen LogP contribution in [-0.4, -0.2) is 53.5 Å². The second-order valence-corrected chi connectivity index (χ2v) is 9.87. The number of hydrogen-bond donors (Lipinski definition) is 1. The van der Waals surface area contributed by atoms with E-state index < -0.39 is 5.60 Å². The lowest BCUT2D eigenvalue weighted by Gasteiger charge is -2.31. The second-order valence-electron chi connectivity index (χ2n) is 8.84. The predicted molar refractivity (Wildman–Crippen MR) is 124 cm³/mol. The molecule has 3 aromatic rings. The summed E-state index contributed by atoms with van der Waals surface area (Å²) in [6.45, 7) is 8.07. The maximum absolute atomic E-state index is 12.8. The summed E-state index contributed by atoms with van der Waals surface area (Å²) in [6.07, 6.45) is 0.287. The number of rotatable bonds is 4. The second kappa shape index (κ2) is 8.27. The maximum atomic E-state index is 12.8. The van der Waals surface area contributed by atoms with Gasteiger partial charge in [0.1, 0.15) is 11.4 Å². The molecule has 3 heterocycles. The topological polar surface area (TPSA) is 80.8 Å². The fourth-order valence-corrected chi connectivity index (χ4v) is 5.03. The van der Waals surface area contributed by atoms with Crippen molar-refractivity contribution in [1.82, 2.24) is 9.88 Å². The van der Waals surface area contributed by atoms with Crippen molar-refractivity contribution >= 4 is 38.4 Å². The number of thiazole rings is 1. The number of hydrogen-bond acceptors (Lipinski definition) is 7. The number of anilines is 1. The molecule has 1 saturated heterocycles. The summed E-state index contributed by atoms with van der Waals surface area (Å²) in [5.41, 5.74) is 2.40. The van der Waals surface area contributed by atoms with E-state index in [1.807, 2.05) is 19.9 Å². The largest absolute Gasteiger partial charge is 0.487 e. The van der Waals surface area contributed by atoms with E-state index in [9.17, 15) is 9.59 Å². The highest BCUT2D eigenvalue weighted by Gasteiger charge is 2.32. The number of amides is 1. The molecule has 1 fully saturated rings. The summed E-state index contributed by atoms with van der Waals surface area (Å²) >= 11 is 1.45. The van der Waals surface area contributed by atoms with Crippen LogP contribution in [0.15, 0.2) is 36.4 Å². The van der Waals surface area contributed by atoms with Gasteiger partial charge in [0.05, 0.1) is 35.4 Å². The summed E-state index contributed by atoms with van der Waals surface area (Å²) < 4.78 is 12.3. The van der Waals surface area contributed by atoms with Gasteiger partial charge in [0.25, 0.3) is 5.91 Å². The minimum atomic E-state index is -0.532. The molecule has 2 aliphatic rings. The number of Topliss-reactive ketones (excluding diaryl/α,β-unsaturated/α-hetero) is 1. The Kier molecular flexibility index (Phi) is 5.44. The molecule has 0 spiro atoms. The Bertz CT molecular complexity index is 1200. The van der Waals surface area contributed by atoms with Crippen LogP contribution in [0.5, 0.6) is 5.75 Å². The third kappa shape index (κ3) is 4.39. The monoisotopic (exact) mass is 451 g/mol. The quantitative estimate of drug-likeness (QED) is 0.643. The average molecular weight is 452 g/mol. The van der Waals surface area contributed by atoms with Crippen LogP contribution in [0.3, 0.4) is 0 Å². The molecule has 1 amide bonds. The average Bonchev–Trinajstić information content (AvgIpc) is 3.15. The molecule has 1 aromatic heterocycles. The molecule has 0 saturated carbocycles. The lowest BCUT2D eigenvalue weighted by molar-refractivity contribution is 0.0342. The fraction of sp³-hybridized carbons (Fsp3) is 0.375. The lowest BCUT2D eigenvalue weighted by atomic mass is 9.92. The van der Waals surface area contributed by atoms with Crippen molar-refractivity contribution < 1.29 is 19.1 Å². The summed E-state index contributed by atoms with van der Waals surface area (Å²) in [5, 5.41) is 3.41. The Morgan fingerprint density at radius 3 is 2.81 bits per heavy atom. The SMILES string of the molecule is CC1(C)CC(=O)c2cc(C(=O)Nc3nc4ccc(CN5CCOCC5)cc4s3)ccc2O1. The van der Waals surface area contributed by atoms with Gasteiger partial charge in [-0.15, -0.1) is 0 Å². The number of ether oxygens (including phenoxy) is 2. The molecule has 2 aromatic carbocycles. The minimum absolute atomic E-state index is 0.0151. The van der Waals surface area contributed by atoms with Crippen LogP contribution in [0, 0.1) is 0 Å². The first-order valence-corrected chi connectivity index (χ1v) is 11.6. The van der Waals surface area contributed by atoms with Crippen LogP contribution in [0.1, 0.15) is 46.5 Å². The van der Waals surface area contributed by atoms with Crippen LogP contribution < -0.4 is 10.1 Å². The number of carbonyl (C=O) groups excluding carboxylic acids is 2. The van der Waals surface area contributed by atoms with E-state index in [2.05, 4.69) is 27.3 Å². The van der Waals surface area contributed by atoms with E-state index in [1.54, 1.807) is 18.2 Å². The molecule has 0 atom stereocenters. The van der Waals surface area contributed by atoms with Gasteiger partial charge < -0.3 is 9.47 Å². The van der Waals surface area contributed by atoms with Crippen molar-refractivity contribution in [2.24, 2.45) is 0 Å². The first-order valence-electron chi connectivity index (χ1n) is 10.7. The van der Waals surface area contributed by atoms with Crippen molar-refractivity contribution in [2.75, 3.05) is 31.6 Å². The van der Waals surface area contributed by atoms with Crippen molar-refractivity contribution in [3.8, 4) is 5.75 Å². The van der Waals surface area contributed by atoms with Gasteiger partial charge in [-0.3, -0.25) is 19.8 Å². The zero-order chi connectivity index (χ0) is 22.3. The Morgan fingerprint density at radius 1 is 1.19 bits per heavy atom. The first kappa shape index (κ1) is 21.1. The normalized spacial score (nSPS) is 18.2. The maximum Gasteiger partial charge on any atom is 0.257 e. The summed E-state index contributed by atoms with van der Waals surface area (Å²) in [5.74, 6) is 0.215. The van der Waals surface area contributed by atoms with E-state index >= 15 is 0 Å². The number of nitrogens with zero attached hydrogens (tertiary/aromatic N) is 2. The van der Waals surface area contributed by atoms with Crippen molar-refractivity contribution in [3.05, 3.63) is 53.1 Å². The molecule has 5 rings (SSSR count). The predicted octanol–water partition coefficient (Wildman–Crippen LogP) is 4.12. The minimum Gasteiger partial charge on any atom is -0.487 e. The highest BCUT2D eigenvalue weighted by atomic mass is 32.1. The number of benzene rings is 2. The van der Waals surface area contributed by atoms with Gasteiger partial charge in [-0.1, -0.05) is 17.4 Å². The van der Waals surface area contributed by atoms with Crippen LogP contribution in [0.2, 0.25) is 0 Å². The Hall–Kier alpha value is -2.81. The number of ketones is 1. The van der Waals surface area contributed by atoms with Crippen molar-refractivity contribution in [1.29, 1.82) is 0 Å². The van der Waals surface area contributed by atoms with Gasteiger partial charge in [-0.25, -0.2) is 4.98 Å². The molecular weight excluding hydrogens is 426 g/mol. The smallest absolute Gasteiger partial charge is 0.257 e. The zero-order valence-corrected chi connectivity index (χ0v) is 19.0. The summed E-state index contributed by atoms with van der Waals surface area (Å²) in [7, 11) is 0. The summed E-state index contributed by atoms with van der Waals surface area (Å²) in [6, 6.07) is 11.2. The molecular formula is C24H25N3O4S. The van der Waals surface area contributed by atoms with Gasteiger partial charge in [0.2, 0.25) is 0 Å². The molecule has 166 valence electrons. The third-order valence-corrected chi connectivity index (χ3v) is 6.63. The number of aromatic nitrogens is 1. The Morgan fingerprint density at radius 2 is 2.00 bits per heavy atom. The fourth-order valence-electron chi connectivity index (χ4n) is 4.10. The van der Waals surface area contributed by atoms with E-state index in [0.29, 0.717) is 22.0 Å². The molecule has 8 heteroatoms. The number of morpholine rings is 1. The van der Waals surface area contributed by atoms with Gasteiger partial charge >= 0.3 is 0 Å². The van der Waals surface area contributed by atoms with E-state index in [0.717, 1.165) is 43.1 Å². The standard InChI is InChI=1S/C24H25N3O4S/c1-24(2)13-19(28)17-12-16(4-6-20(17)31-24)22(29)26-23-25-18-5-3-15(11-21(18)32-23)14-27-7-9-30-10-8-27/h3-6,11-12H,7-10,13-14H2,1-2H3,(H,25,26,29). The molecule has 7 nitrogen and oxygen atoms in total. The van der Waals surface area contributed by atoms with Gasteiger partial charge in [0.15, 0.2) is 10.9 Å². The highest BCUT2D eigenvalue weighted by molar-refractivity contribution is 7.22. The molecule has 1 N–H and O–H groups in total. The molecule has 0 aliphatic carbocycles. The summed E-state index contributed by atoms with van der Waals surface area (Å²) in [4.78, 5) is 32.2. The Labute approximate surface area is 190 Å². The van der Waals surface area contributed by atoms with E-state index in [-0.39, 0.29) is 18.1 Å². The number of fused-ring (bicyclic) bond motifs is 2. The van der Waals surface area contributed by atoms with Crippen LogP contribution in [0.4, 0.5) is 5.13 Å².